The molecule has 1 rings (SSSR count). The second-order valence-electron chi connectivity index (χ2n) is 6.60. The molecule has 5 nitrogen and oxygen atoms in total. The Morgan fingerprint density at radius 1 is 1.35 bits per heavy atom. The first kappa shape index (κ1) is 16.7. The average Bonchev–Trinajstić information content (AvgIpc) is 2.37. The van der Waals surface area contributed by atoms with Crippen molar-refractivity contribution in [1.29, 1.82) is 0 Å². The quantitative estimate of drug-likeness (QED) is 0.811. The number of ether oxygens (including phenoxy) is 1. The molecule has 0 spiro atoms. The van der Waals surface area contributed by atoms with E-state index in [2.05, 4.69) is 0 Å². The molecule has 116 valence electrons. The van der Waals surface area contributed by atoms with E-state index in [4.69, 9.17) is 9.84 Å². The lowest BCUT2D eigenvalue weighted by Gasteiger charge is -2.38. The first-order valence-electron chi connectivity index (χ1n) is 6.87. The zero-order chi connectivity index (χ0) is 15.6. The van der Waals surface area contributed by atoms with Crippen LogP contribution >= 0.6 is 0 Å². The number of piperidine rings is 1. The van der Waals surface area contributed by atoms with Gasteiger partial charge >= 0.3 is 12.1 Å². The Hall–Kier alpha value is -1.33. The highest BCUT2D eigenvalue weighted by Gasteiger charge is 2.45. The van der Waals surface area contributed by atoms with Gasteiger partial charge in [-0.1, -0.05) is 20.8 Å². The van der Waals surface area contributed by atoms with Gasteiger partial charge < -0.3 is 14.7 Å². The number of carboxylic acid groups (broad SMARTS) is 1. The Balaban J connectivity index is 2.71. The number of esters is 1. The lowest BCUT2D eigenvalue weighted by Crippen LogP contribution is -2.49. The number of hydrogen-bond donors (Lipinski definition) is 1. The second-order valence-corrected chi connectivity index (χ2v) is 6.60. The monoisotopic (exact) mass is 289 g/mol. The molecule has 6 heteroatoms. The van der Waals surface area contributed by atoms with Gasteiger partial charge in [0.05, 0.1) is 5.41 Å². The molecule has 0 saturated carbocycles. The third-order valence-electron chi connectivity index (χ3n) is 4.18. The van der Waals surface area contributed by atoms with Crippen LogP contribution in [0.3, 0.4) is 0 Å². The molecule has 1 aliphatic rings. The SMILES string of the molecule is CC(OC(=O)C1(CF)CCN(C(=O)O)CC1)C(C)(C)C. The fourth-order valence-electron chi connectivity index (χ4n) is 1.98. The Kier molecular flexibility index (Phi) is 5.00. The highest BCUT2D eigenvalue weighted by Crippen LogP contribution is 2.35. The summed E-state index contributed by atoms with van der Waals surface area (Å²) in [6.07, 6.45) is -1.01. The number of halogens is 1. The number of likely N-dealkylation sites (tertiary alicyclic amines) is 1. The highest BCUT2D eigenvalue weighted by molar-refractivity contribution is 5.78. The first-order valence-corrected chi connectivity index (χ1v) is 6.87. The van der Waals surface area contributed by atoms with Crippen LogP contribution in [0, 0.1) is 10.8 Å². The summed E-state index contributed by atoms with van der Waals surface area (Å²) in [5.74, 6) is -0.549. The van der Waals surface area contributed by atoms with Crippen molar-refractivity contribution in [3.05, 3.63) is 0 Å². The van der Waals surface area contributed by atoms with Crippen LogP contribution in [0.15, 0.2) is 0 Å². The zero-order valence-corrected chi connectivity index (χ0v) is 12.6. The van der Waals surface area contributed by atoms with Crippen molar-refractivity contribution in [3.63, 3.8) is 0 Å². The van der Waals surface area contributed by atoms with Crippen LogP contribution in [0.4, 0.5) is 9.18 Å². The Morgan fingerprint density at radius 2 is 1.85 bits per heavy atom. The van der Waals surface area contributed by atoms with Crippen molar-refractivity contribution in [3.8, 4) is 0 Å². The summed E-state index contributed by atoms with van der Waals surface area (Å²) >= 11 is 0. The largest absolute Gasteiger partial charge is 0.465 e. The molecule has 1 fully saturated rings. The molecule has 1 amide bonds. The normalized spacial score (nSPS) is 20.4. The molecule has 1 saturated heterocycles. The molecule has 0 aliphatic carbocycles. The van der Waals surface area contributed by atoms with E-state index in [1.807, 2.05) is 20.8 Å². The van der Waals surface area contributed by atoms with Crippen molar-refractivity contribution in [2.24, 2.45) is 10.8 Å². The van der Waals surface area contributed by atoms with Crippen LogP contribution in [0.5, 0.6) is 0 Å². The molecular formula is C14H24FNO4. The van der Waals surface area contributed by atoms with Crippen molar-refractivity contribution >= 4 is 12.1 Å². The van der Waals surface area contributed by atoms with Crippen LogP contribution in [-0.4, -0.2) is 47.9 Å². The van der Waals surface area contributed by atoms with Crippen molar-refractivity contribution in [2.45, 2.75) is 46.6 Å². The molecular weight excluding hydrogens is 265 g/mol. The van der Waals surface area contributed by atoms with E-state index >= 15 is 0 Å². The molecule has 1 unspecified atom stereocenters. The van der Waals surface area contributed by atoms with E-state index in [1.165, 1.54) is 4.90 Å². The molecule has 1 atom stereocenters. The summed E-state index contributed by atoms with van der Waals surface area (Å²) in [5.41, 5.74) is -1.40. The summed E-state index contributed by atoms with van der Waals surface area (Å²) in [5, 5.41) is 8.89. The summed E-state index contributed by atoms with van der Waals surface area (Å²) in [6.45, 7) is 7.14. The maximum Gasteiger partial charge on any atom is 0.407 e. The van der Waals surface area contributed by atoms with E-state index in [9.17, 15) is 14.0 Å². The molecule has 20 heavy (non-hydrogen) atoms. The van der Waals surface area contributed by atoms with Gasteiger partial charge in [-0.3, -0.25) is 4.79 Å². The van der Waals surface area contributed by atoms with Crippen molar-refractivity contribution in [2.75, 3.05) is 19.8 Å². The van der Waals surface area contributed by atoms with E-state index in [1.54, 1.807) is 6.92 Å². The molecule has 1 aliphatic heterocycles. The number of amides is 1. The maximum absolute atomic E-state index is 13.4. The summed E-state index contributed by atoms with van der Waals surface area (Å²) in [6, 6.07) is 0. The van der Waals surface area contributed by atoms with Crippen molar-refractivity contribution in [1.82, 2.24) is 4.90 Å². The van der Waals surface area contributed by atoms with E-state index in [0.29, 0.717) is 0 Å². The first-order chi connectivity index (χ1) is 9.12. The third-order valence-corrected chi connectivity index (χ3v) is 4.18. The van der Waals surface area contributed by atoms with Gasteiger partial charge in [0.25, 0.3) is 0 Å². The topological polar surface area (TPSA) is 66.8 Å². The molecule has 1 heterocycles. The minimum absolute atomic E-state index is 0.165. The second kappa shape index (κ2) is 5.97. The predicted molar refractivity (Wildman–Crippen MR) is 72.2 cm³/mol. The maximum atomic E-state index is 13.4. The third kappa shape index (κ3) is 3.61. The van der Waals surface area contributed by atoms with E-state index in [0.717, 1.165) is 0 Å². The van der Waals surface area contributed by atoms with Gasteiger partial charge in [0, 0.05) is 13.1 Å². The molecule has 0 radical (unpaired) electrons. The zero-order valence-electron chi connectivity index (χ0n) is 12.6. The average molecular weight is 289 g/mol. The van der Waals surface area contributed by atoms with Crippen LogP contribution in [0.1, 0.15) is 40.5 Å². The van der Waals surface area contributed by atoms with Crippen LogP contribution in [-0.2, 0) is 9.53 Å². The predicted octanol–water partition coefficient (Wildman–Crippen LogP) is 2.69. The van der Waals surface area contributed by atoms with Gasteiger partial charge in [0.1, 0.15) is 12.8 Å². The van der Waals surface area contributed by atoms with Gasteiger partial charge in [0.2, 0.25) is 0 Å². The van der Waals surface area contributed by atoms with Gasteiger partial charge in [-0.2, -0.15) is 0 Å². The lowest BCUT2D eigenvalue weighted by molar-refractivity contribution is -0.170. The minimum atomic E-state index is -1.19. The molecule has 0 aromatic rings. The number of hydrogen-bond acceptors (Lipinski definition) is 3. The minimum Gasteiger partial charge on any atom is -0.465 e. The molecule has 1 N–H and O–H groups in total. The van der Waals surface area contributed by atoms with Crippen LogP contribution in [0.2, 0.25) is 0 Å². The van der Waals surface area contributed by atoms with Gasteiger partial charge in [-0.25, -0.2) is 9.18 Å². The number of rotatable bonds is 3. The Morgan fingerprint density at radius 3 is 2.20 bits per heavy atom. The van der Waals surface area contributed by atoms with Gasteiger partial charge in [-0.05, 0) is 25.2 Å². The van der Waals surface area contributed by atoms with Crippen molar-refractivity contribution < 1.29 is 23.8 Å². The number of carbonyl (C=O) groups is 2. The van der Waals surface area contributed by atoms with Gasteiger partial charge in [0.15, 0.2) is 0 Å². The van der Waals surface area contributed by atoms with E-state index < -0.39 is 24.2 Å². The highest BCUT2D eigenvalue weighted by atomic mass is 19.1. The Bertz CT molecular complexity index is 370. The summed E-state index contributed by atoms with van der Waals surface area (Å²) in [4.78, 5) is 24.3. The molecule has 0 aromatic carbocycles. The van der Waals surface area contributed by atoms with E-state index in [-0.39, 0.29) is 37.5 Å². The fourth-order valence-corrected chi connectivity index (χ4v) is 1.98. The number of carbonyl (C=O) groups excluding carboxylic acids is 1. The molecule has 0 aromatic heterocycles. The molecule has 0 bridgehead atoms. The van der Waals surface area contributed by atoms with Crippen LogP contribution < -0.4 is 0 Å². The van der Waals surface area contributed by atoms with Gasteiger partial charge in [-0.15, -0.1) is 0 Å². The number of alkyl halides is 1. The smallest absolute Gasteiger partial charge is 0.407 e. The number of nitrogens with zero attached hydrogens (tertiary/aromatic N) is 1. The van der Waals surface area contributed by atoms with Crippen LogP contribution in [0.25, 0.3) is 0 Å². The summed E-state index contributed by atoms with van der Waals surface area (Å²) < 4.78 is 18.8. The lowest BCUT2D eigenvalue weighted by atomic mass is 9.79. The fraction of sp³-hybridized carbons (Fsp3) is 0.857. The standard InChI is InChI=1S/C14H24FNO4/c1-10(13(2,3)4)20-11(17)14(9-15)5-7-16(8-6-14)12(18)19/h10H,5-9H2,1-4H3,(H,18,19). The Labute approximate surface area is 119 Å². The summed E-state index contributed by atoms with van der Waals surface area (Å²) in [7, 11) is 0.